The maximum Gasteiger partial charge on any atom is 0.271 e. The van der Waals surface area contributed by atoms with Gasteiger partial charge in [-0.25, -0.2) is 0 Å². The Bertz CT molecular complexity index is 1050. The molecule has 0 aliphatic heterocycles. The monoisotopic (exact) mass is 383 g/mol. The fourth-order valence-corrected chi connectivity index (χ4v) is 3.75. The zero-order chi connectivity index (χ0) is 19.0. The Morgan fingerprint density at radius 3 is 2.78 bits per heavy atom. The minimum atomic E-state index is -0.415. The molecule has 1 heterocycles. The van der Waals surface area contributed by atoms with Gasteiger partial charge in [-0.3, -0.25) is 15.1 Å². The first-order chi connectivity index (χ1) is 13.1. The molecular formula is C20H18ClN3O3. The molecule has 27 heavy (non-hydrogen) atoms. The molecule has 2 aromatic carbocycles. The molecule has 0 atom stereocenters. The van der Waals surface area contributed by atoms with Crippen molar-refractivity contribution in [3.63, 3.8) is 0 Å². The molecule has 4 rings (SSSR count). The van der Waals surface area contributed by atoms with Gasteiger partial charge in [-0.1, -0.05) is 11.6 Å². The number of rotatable bonds is 4. The molecule has 0 saturated carbocycles. The average Bonchev–Trinajstić information content (AvgIpc) is 2.68. The van der Waals surface area contributed by atoms with Gasteiger partial charge < -0.3 is 10.1 Å². The van der Waals surface area contributed by atoms with E-state index in [1.807, 2.05) is 18.2 Å². The molecule has 0 saturated heterocycles. The van der Waals surface area contributed by atoms with Crippen molar-refractivity contribution in [1.82, 2.24) is 4.98 Å². The number of pyridine rings is 1. The molecule has 0 spiro atoms. The quantitative estimate of drug-likeness (QED) is 0.480. The van der Waals surface area contributed by atoms with E-state index >= 15 is 0 Å². The smallest absolute Gasteiger partial charge is 0.271 e. The van der Waals surface area contributed by atoms with Crippen LogP contribution in [-0.2, 0) is 12.8 Å². The molecule has 0 bridgehead atoms. The summed E-state index contributed by atoms with van der Waals surface area (Å²) < 4.78 is 5.41. The van der Waals surface area contributed by atoms with Gasteiger partial charge >= 0.3 is 0 Å². The summed E-state index contributed by atoms with van der Waals surface area (Å²) in [5.41, 5.74) is 4.52. The van der Waals surface area contributed by atoms with E-state index in [1.54, 1.807) is 13.2 Å². The number of methoxy groups -OCH3 is 1. The molecule has 1 aliphatic carbocycles. The molecule has 0 fully saturated rings. The third-order valence-corrected chi connectivity index (χ3v) is 5.11. The van der Waals surface area contributed by atoms with Gasteiger partial charge in [0.25, 0.3) is 5.69 Å². The number of benzene rings is 2. The number of ether oxygens (including phenoxy) is 1. The van der Waals surface area contributed by atoms with Crippen LogP contribution in [0.25, 0.3) is 10.9 Å². The van der Waals surface area contributed by atoms with E-state index in [4.69, 9.17) is 21.3 Å². The van der Waals surface area contributed by atoms with Crippen molar-refractivity contribution in [2.75, 3.05) is 12.4 Å². The first kappa shape index (κ1) is 17.5. The number of nitrogens with one attached hydrogen (secondary N) is 1. The van der Waals surface area contributed by atoms with Crippen LogP contribution in [0.4, 0.5) is 17.1 Å². The predicted octanol–water partition coefficient (Wildman–Crippen LogP) is 5.43. The van der Waals surface area contributed by atoms with Crippen LogP contribution in [-0.4, -0.2) is 17.0 Å². The molecule has 1 N–H and O–H groups in total. The Kier molecular flexibility index (Phi) is 4.58. The summed E-state index contributed by atoms with van der Waals surface area (Å²) >= 11 is 6.23. The average molecular weight is 384 g/mol. The third kappa shape index (κ3) is 3.28. The standard InChI is InChI=1S/C20H18ClN3O3/c1-27-19-9-7-13(24(25)26)11-18(19)23-20-14-4-2-3-5-16(14)22-17-8-6-12(21)10-15(17)20/h6-11H,2-5H2,1H3,(H,22,23). The van der Waals surface area contributed by atoms with Gasteiger partial charge in [0.05, 0.1) is 28.9 Å². The molecule has 3 aromatic rings. The largest absolute Gasteiger partial charge is 0.495 e. The zero-order valence-corrected chi connectivity index (χ0v) is 15.5. The van der Waals surface area contributed by atoms with Crippen LogP contribution in [0.3, 0.4) is 0 Å². The Morgan fingerprint density at radius 1 is 1.19 bits per heavy atom. The number of nitro benzene ring substituents is 1. The topological polar surface area (TPSA) is 77.3 Å². The summed E-state index contributed by atoms with van der Waals surface area (Å²) in [6.07, 6.45) is 4.03. The van der Waals surface area contributed by atoms with Gasteiger partial charge in [0, 0.05) is 28.2 Å². The van der Waals surface area contributed by atoms with Crippen molar-refractivity contribution in [1.29, 1.82) is 0 Å². The Hall–Kier alpha value is -2.86. The molecule has 0 amide bonds. The van der Waals surface area contributed by atoms with Crippen LogP contribution in [0, 0.1) is 10.1 Å². The predicted molar refractivity (Wildman–Crippen MR) is 106 cm³/mol. The Balaban J connectivity index is 1.92. The van der Waals surface area contributed by atoms with Crippen molar-refractivity contribution >= 4 is 39.6 Å². The van der Waals surface area contributed by atoms with E-state index in [0.717, 1.165) is 53.5 Å². The van der Waals surface area contributed by atoms with Crippen LogP contribution in [0.15, 0.2) is 36.4 Å². The van der Waals surface area contributed by atoms with Gasteiger partial charge in [-0.05, 0) is 55.5 Å². The number of anilines is 2. The lowest BCUT2D eigenvalue weighted by Gasteiger charge is -2.22. The molecule has 7 heteroatoms. The first-order valence-corrected chi connectivity index (χ1v) is 9.15. The minimum Gasteiger partial charge on any atom is -0.495 e. The number of fused-ring (bicyclic) bond motifs is 2. The highest BCUT2D eigenvalue weighted by Crippen LogP contribution is 2.39. The summed E-state index contributed by atoms with van der Waals surface area (Å²) in [5.74, 6) is 0.539. The molecule has 138 valence electrons. The lowest BCUT2D eigenvalue weighted by atomic mass is 9.92. The number of hydrogen-bond acceptors (Lipinski definition) is 5. The van der Waals surface area contributed by atoms with Crippen molar-refractivity contribution in [2.24, 2.45) is 0 Å². The number of hydrogen-bond donors (Lipinski definition) is 1. The number of aromatic nitrogens is 1. The molecule has 0 radical (unpaired) electrons. The Morgan fingerprint density at radius 2 is 2.00 bits per heavy atom. The molecule has 1 aromatic heterocycles. The van der Waals surface area contributed by atoms with Gasteiger partial charge in [-0.15, -0.1) is 0 Å². The van der Waals surface area contributed by atoms with Gasteiger partial charge in [-0.2, -0.15) is 0 Å². The summed E-state index contributed by atoms with van der Waals surface area (Å²) in [7, 11) is 1.54. The summed E-state index contributed by atoms with van der Waals surface area (Å²) in [6, 6.07) is 10.1. The molecular weight excluding hydrogens is 366 g/mol. The first-order valence-electron chi connectivity index (χ1n) is 8.77. The molecule has 1 aliphatic rings. The fourth-order valence-electron chi connectivity index (χ4n) is 3.58. The minimum absolute atomic E-state index is 0.00330. The van der Waals surface area contributed by atoms with Crippen molar-refractivity contribution in [3.8, 4) is 5.75 Å². The number of non-ortho nitro benzene ring substituents is 1. The number of nitro groups is 1. The van der Waals surface area contributed by atoms with Crippen LogP contribution in [0.5, 0.6) is 5.75 Å². The molecule has 0 unspecified atom stereocenters. The van der Waals surface area contributed by atoms with E-state index in [9.17, 15) is 10.1 Å². The fraction of sp³-hybridized carbons (Fsp3) is 0.250. The maximum absolute atomic E-state index is 11.2. The van der Waals surface area contributed by atoms with Crippen molar-refractivity contribution in [3.05, 3.63) is 62.8 Å². The second kappa shape index (κ2) is 7.04. The highest BCUT2D eigenvalue weighted by Gasteiger charge is 2.20. The summed E-state index contributed by atoms with van der Waals surface area (Å²) in [5, 5.41) is 16.1. The van der Waals surface area contributed by atoms with E-state index in [2.05, 4.69) is 5.32 Å². The summed E-state index contributed by atoms with van der Waals surface area (Å²) in [4.78, 5) is 15.6. The van der Waals surface area contributed by atoms with E-state index in [-0.39, 0.29) is 5.69 Å². The second-order valence-corrected chi connectivity index (χ2v) is 6.98. The Labute approximate surface area is 161 Å². The lowest BCUT2D eigenvalue weighted by molar-refractivity contribution is -0.384. The van der Waals surface area contributed by atoms with E-state index in [0.29, 0.717) is 16.5 Å². The second-order valence-electron chi connectivity index (χ2n) is 6.55. The van der Waals surface area contributed by atoms with Crippen LogP contribution in [0.1, 0.15) is 24.1 Å². The zero-order valence-electron chi connectivity index (χ0n) is 14.8. The molecule has 6 nitrogen and oxygen atoms in total. The third-order valence-electron chi connectivity index (χ3n) is 4.88. The van der Waals surface area contributed by atoms with Gasteiger partial charge in [0.1, 0.15) is 5.75 Å². The maximum atomic E-state index is 11.2. The highest BCUT2D eigenvalue weighted by molar-refractivity contribution is 6.31. The van der Waals surface area contributed by atoms with Crippen LogP contribution >= 0.6 is 11.6 Å². The highest BCUT2D eigenvalue weighted by atomic mass is 35.5. The SMILES string of the molecule is COc1ccc([N+](=O)[O-])cc1Nc1c2c(nc3ccc(Cl)cc13)CCCC2. The van der Waals surface area contributed by atoms with E-state index < -0.39 is 4.92 Å². The van der Waals surface area contributed by atoms with Crippen molar-refractivity contribution in [2.45, 2.75) is 25.7 Å². The van der Waals surface area contributed by atoms with Gasteiger partial charge in [0.15, 0.2) is 0 Å². The van der Waals surface area contributed by atoms with Crippen molar-refractivity contribution < 1.29 is 9.66 Å². The summed E-state index contributed by atoms with van der Waals surface area (Å²) in [6.45, 7) is 0. The number of nitrogens with zero attached hydrogens (tertiary/aromatic N) is 2. The van der Waals surface area contributed by atoms with E-state index in [1.165, 1.54) is 12.1 Å². The number of aryl methyl sites for hydroxylation is 1. The normalized spacial score (nSPS) is 13.3. The van der Waals surface area contributed by atoms with Crippen LogP contribution < -0.4 is 10.1 Å². The van der Waals surface area contributed by atoms with Crippen LogP contribution in [0.2, 0.25) is 5.02 Å². The van der Waals surface area contributed by atoms with Gasteiger partial charge in [0.2, 0.25) is 0 Å². The number of halogens is 1. The lowest BCUT2D eigenvalue weighted by Crippen LogP contribution is -2.10.